The second kappa shape index (κ2) is 10.1. The van der Waals surface area contributed by atoms with Crippen LogP contribution in [0.5, 0.6) is 5.75 Å². The summed E-state index contributed by atoms with van der Waals surface area (Å²) < 4.78 is 4.36. The van der Waals surface area contributed by atoms with Gasteiger partial charge >= 0.3 is 0 Å². The van der Waals surface area contributed by atoms with E-state index in [1.54, 1.807) is 24.3 Å². The highest BCUT2D eigenvalue weighted by atomic mass is 35.5. The molecule has 1 fully saturated rings. The molecule has 1 atom stereocenters. The fourth-order valence-electron chi connectivity index (χ4n) is 4.02. The number of hydrogen-bond acceptors (Lipinski definition) is 5. The summed E-state index contributed by atoms with van der Waals surface area (Å²) in [5.41, 5.74) is 2.07. The van der Waals surface area contributed by atoms with E-state index in [2.05, 4.69) is 9.69 Å². The molecule has 0 aliphatic heterocycles. The zero-order valence-corrected chi connectivity index (χ0v) is 20.3. The first kappa shape index (κ1) is 23.5. The number of carbonyl (C=O) groups excluding carboxylic acids is 2. The predicted octanol–water partition coefficient (Wildman–Crippen LogP) is 5.91. The molecule has 1 aromatic heterocycles. The van der Waals surface area contributed by atoms with E-state index in [9.17, 15) is 14.7 Å². The summed E-state index contributed by atoms with van der Waals surface area (Å²) in [6.45, 7) is 1.94. The number of hydrogen-bond donors (Lipinski definition) is 2. The van der Waals surface area contributed by atoms with Gasteiger partial charge in [-0.15, -0.1) is 0 Å². The molecule has 172 valence electrons. The number of phenolic OH excluding ortho intramolecular Hbond substituents is 1. The molecule has 2 amide bonds. The van der Waals surface area contributed by atoms with Crippen molar-refractivity contribution in [3.05, 3.63) is 74.7 Å². The summed E-state index contributed by atoms with van der Waals surface area (Å²) >= 11 is 13.3. The lowest BCUT2D eigenvalue weighted by molar-refractivity contribution is -0.123. The van der Waals surface area contributed by atoms with Gasteiger partial charge in [0.2, 0.25) is 5.91 Å². The second-order valence-electron chi connectivity index (χ2n) is 8.11. The Bertz CT molecular complexity index is 1140. The Kier molecular flexibility index (Phi) is 7.22. The molecule has 9 heteroatoms. The standard InChI is InChI=1S/C24H23Cl2N3O3S/c1-14-6-10-17(11-7-14)29(24(32)20-19(25)22(26)33-28-20)21(15-8-12-18(30)13-9-15)23(31)27-16-4-2-3-5-16/h6-13,16,21,30H,2-5H2,1H3,(H,27,31). The highest BCUT2D eigenvalue weighted by Crippen LogP contribution is 2.35. The van der Waals surface area contributed by atoms with Crippen LogP contribution >= 0.6 is 34.7 Å². The normalized spacial score (nSPS) is 14.8. The third kappa shape index (κ3) is 5.16. The van der Waals surface area contributed by atoms with Gasteiger partial charge in [-0.2, -0.15) is 4.37 Å². The van der Waals surface area contributed by atoms with E-state index < -0.39 is 11.9 Å². The summed E-state index contributed by atoms with van der Waals surface area (Å²) in [5, 5.41) is 13.0. The van der Waals surface area contributed by atoms with Crippen molar-refractivity contribution in [2.75, 3.05) is 4.90 Å². The summed E-state index contributed by atoms with van der Waals surface area (Å²) in [5.74, 6) is -0.776. The molecule has 1 saturated carbocycles. The molecular weight excluding hydrogens is 481 g/mol. The van der Waals surface area contributed by atoms with Crippen LogP contribution in [0.1, 0.15) is 53.3 Å². The van der Waals surface area contributed by atoms with Crippen LogP contribution in [0, 0.1) is 6.92 Å². The summed E-state index contributed by atoms with van der Waals surface area (Å²) in [6.07, 6.45) is 3.92. The Balaban J connectivity index is 1.83. The van der Waals surface area contributed by atoms with Crippen LogP contribution in [0.4, 0.5) is 5.69 Å². The van der Waals surface area contributed by atoms with Gasteiger partial charge in [0.05, 0.1) is 0 Å². The number of nitrogens with one attached hydrogen (secondary N) is 1. The smallest absolute Gasteiger partial charge is 0.280 e. The Morgan fingerprint density at radius 2 is 1.73 bits per heavy atom. The van der Waals surface area contributed by atoms with Gasteiger partial charge in [-0.25, -0.2) is 0 Å². The number of anilines is 1. The van der Waals surface area contributed by atoms with Crippen LogP contribution in [0.3, 0.4) is 0 Å². The minimum Gasteiger partial charge on any atom is -0.508 e. The number of phenols is 1. The number of carbonyl (C=O) groups is 2. The molecule has 1 aliphatic carbocycles. The maximum absolute atomic E-state index is 13.8. The number of aromatic hydroxyl groups is 1. The average Bonchev–Trinajstić information content (AvgIpc) is 3.43. The summed E-state index contributed by atoms with van der Waals surface area (Å²) in [6, 6.07) is 12.6. The molecule has 0 radical (unpaired) electrons. The SMILES string of the molecule is Cc1ccc(N(C(=O)c2nsc(Cl)c2Cl)C(C(=O)NC2CCCC2)c2ccc(O)cc2)cc1. The van der Waals surface area contributed by atoms with Crippen LogP contribution in [0.2, 0.25) is 9.36 Å². The molecule has 0 spiro atoms. The quantitative estimate of drug-likeness (QED) is 0.437. The first-order chi connectivity index (χ1) is 15.8. The molecule has 0 saturated heterocycles. The zero-order chi connectivity index (χ0) is 23.5. The van der Waals surface area contributed by atoms with Gasteiger partial charge in [0, 0.05) is 11.7 Å². The van der Waals surface area contributed by atoms with Crippen molar-refractivity contribution in [1.29, 1.82) is 0 Å². The van der Waals surface area contributed by atoms with Crippen molar-refractivity contribution < 1.29 is 14.7 Å². The van der Waals surface area contributed by atoms with Crippen LogP contribution in [0.25, 0.3) is 0 Å². The van der Waals surface area contributed by atoms with E-state index in [0.717, 1.165) is 42.8 Å². The van der Waals surface area contributed by atoms with Gasteiger partial charge in [0.15, 0.2) is 5.69 Å². The summed E-state index contributed by atoms with van der Waals surface area (Å²) in [7, 11) is 0. The highest BCUT2D eigenvalue weighted by molar-refractivity contribution is 7.11. The van der Waals surface area contributed by atoms with E-state index in [-0.39, 0.29) is 32.8 Å². The van der Waals surface area contributed by atoms with E-state index >= 15 is 0 Å². The lowest BCUT2D eigenvalue weighted by Gasteiger charge is -2.32. The minimum absolute atomic E-state index is 0.00955. The lowest BCUT2D eigenvalue weighted by atomic mass is 10.0. The Hall–Kier alpha value is -2.61. The molecule has 33 heavy (non-hydrogen) atoms. The monoisotopic (exact) mass is 503 g/mol. The molecule has 1 aliphatic rings. The second-order valence-corrected chi connectivity index (χ2v) is 9.87. The number of benzene rings is 2. The van der Waals surface area contributed by atoms with Gasteiger partial charge in [-0.05, 0) is 61.1 Å². The number of aryl methyl sites for hydroxylation is 1. The lowest BCUT2D eigenvalue weighted by Crippen LogP contribution is -2.46. The molecular formula is C24H23Cl2N3O3S. The predicted molar refractivity (Wildman–Crippen MR) is 131 cm³/mol. The van der Waals surface area contributed by atoms with Crippen molar-refractivity contribution in [3.8, 4) is 5.75 Å². The maximum Gasteiger partial charge on any atom is 0.280 e. The largest absolute Gasteiger partial charge is 0.508 e. The molecule has 3 aromatic rings. The van der Waals surface area contributed by atoms with Gasteiger partial charge in [0.25, 0.3) is 5.91 Å². The minimum atomic E-state index is -1.00. The Morgan fingerprint density at radius 3 is 2.30 bits per heavy atom. The average molecular weight is 504 g/mol. The maximum atomic E-state index is 13.8. The van der Waals surface area contributed by atoms with Gasteiger partial charge in [0.1, 0.15) is 21.2 Å². The highest BCUT2D eigenvalue weighted by Gasteiger charge is 2.36. The van der Waals surface area contributed by atoms with Crippen LogP contribution < -0.4 is 10.2 Å². The van der Waals surface area contributed by atoms with Crippen molar-refractivity contribution >= 4 is 52.2 Å². The number of nitrogens with zero attached hydrogens (tertiary/aromatic N) is 2. The fourth-order valence-corrected chi connectivity index (χ4v) is 5.01. The molecule has 1 unspecified atom stereocenters. The van der Waals surface area contributed by atoms with Crippen molar-refractivity contribution in [1.82, 2.24) is 9.69 Å². The van der Waals surface area contributed by atoms with Gasteiger partial charge in [-0.1, -0.05) is 65.9 Å². The summed E-state index contributed by atoms with van der Waals surface area (Å²) in [4.78, 5) is 28.8. The van der Waals surface area contributed by atoms with Crippen molar-refractivity contribution in [2.45, 2.75) is 44.7 Å². The molecule has 1 heterocycles. The Morgan fingerprint density at radius 1 is 1.09 bits per heavy atom. The topological polar surface area (TPSA) is 82.5 Å². The first-order valence-corrected chi connectivity index (χ1v) is 12.2. The number of amides is 2. The van der Waals surface area contributed by atoms with E-state index in [1.807, 2.05) is 19.1 Å². The fraction of sp³-hybridized carbons (Fsp3) is 0.292. The van der Waals surface area contributed by atoms with Crippen molar-refractivity contribution in [3.63, 3.8) is 0 Å². The van der Waals surface area contributed by atoms with Crippen LogP contribution in [-0.4, -0.2) is 27.3 Å². The zero-order valence-electron chi connectivity index (χ0n) is 17.9. The van der Waals surface area contributed by atoms with Gasteiger partial charge in [-0.3, -0.25) is 14.5 Å². The number of rotatable bonds is 6. The van der Waals surface area contributed by atoms with E-state index in [1.165, 1.54) is 17.0 Å². The van der Waals surface area contributed by atoms with E-state index in [4.69, 9.17) is 23.2 Å². The molecule has 4 rings (SSSR count). The number of aromatic nitrogens is 1. The van der Waals surface area contributed by atoms with Gasteiger partial charge < -0.3 is 10.4 Å². The third-order valence-corrected chi connectivity index (χ3v) is 7.36. The molecule has 0 bridgehead atoms. The third-order valence-electron chi connectivity index (χ3n) is 5.75. The Labute approximate surface area is 206 Å². The molecule has 2 aromatic carbocycles. The first-order valence-electron chi connectivity index (χ1n) is 10.7. The van der Waals surface area contributed by atoms with Crippen LogP contribution in [-0.2, 0) is 4.79 Å². The van der Waals surface area contributed by atoms with Crippen molar-refractivity contribution in [2.24, 2.45) is 0 Å². The van der Waals surface area contributed by atoms with Crippen LogP contribution in [0.15, 0.2) is 48.5 Å². The molecule has 2 N–H and O–H groups in total. The molecule has 6 nitrogen and oxygen atoms in total. The van der Waals surface area contributed by atoms with E-state index in [0.29, 0.717) is 11.3 Å². The number of halogens is 2.